The third-order valence-corrected chi connectivity index (χ3v) is 4.07. The van der Waals surface area contributed by atoms with E-state index in [1.54, 1.807) is 6.92 Å². The van der Waals surface area contributed by atoms with Crippen molar-refractivity contribution in [3.05, 3.63) is 28.1 Å². The fraction of sp³-hybridized carbons (Fsp3) is 0.385. The van der Waals surface area contributed by atoms with Gasteiger partial charge in [-0.15, -0.1) is 11.3 Å². The fourth-order valence-corrected chi connectivity index (χ4v) is 2.62. The third kappa shape index (κ3) is 2.23. The molecular weight excluding hydrogens is 266 g/mol. The van der Waals surface area contributed by atoms with Crippen molar-refractivity contribution in [3.63, 3.8) is 0 Å². The lowest BCUT2D eigenvalue weighted by Crippen LogP contribution is -2.55. The van der Waals surface area contributed by atoms with E-state index >= 15 is 0 Å². The first-order chi connectivity index (χ1) is 8.85. The summed E-state index contributed by atoms with van der Waals surface area (Å²) in [6, 6.07) is 3.66. The van der Waals surface area contributed by atoms with E-state index in [1.165, 1.54) is 30.1 Å². The van der Waals surface area contributed by atoms with Crippen molar-refractivity contribution in [2.75, 3.05) is 6.73 Å². The van der Waals surface area contributed by atoms with Crippen molar-refractivity contribution in [2.45, 2.75) is 26.3 Å². The molecule has 1 N–H and O–H groups in total. The Bertz CT molecular complexity index is 545. The maximum atomic E-state index is 12.5. The van der Waals surface area contributed by atoms with E-state index in [-0.39, 0.29) is 12.6 Å². The van der Waals surface area contributed by atoms with Crippen LogP contribution >= 0.6 is 11.3 Å². The SMILES string of the molecule is CC1=C(c2cccs2)C(=O)N(C(C)(C)C(=O)O)CO1. The molecule has 2 rings (SSSR count). The lowest BCUT2D eigenvalue weighted by Gasteiger charge is -2.38. The van der Waals surface area contributed by atoms with Gasteiger partial charge in [-0.25, -0.2) is 4.79 Å². The number of aliphatic carboxylic acids is 1. The summed E-state index contributed by atoms with van der Waals surface area (Å²) < 4.78 is 5.46. The number of ether oxygens (including phenoxy) is 1. The molecule has 0 saturated heterocycles. The average Bonchev–Trinajstić information content (AvgIpc) is 2.82. The lowest BCUT2D eigenvalue weighted by atomic mass is 10.0. The smallest absolute Gasteiger partial charge is 0.329 e. The van der Waals surface area contributed by atoms with E-state index in [0.29, 0.717) is 11.3 Å². The number of hydrogen-bond donors (Lipinski definition) is 1. The number of amides is 1. The van der Waals surface area contributed by atoms with Gasteiger partial charge in [0.15, 0.2) is 6.73 Å². The molecule has 6 heteroatoms. The van der Waals surface area contributed by atoms with Crippen LogP contribution < -0.4 is 0 Å². The van der Waals surface area contributed by atoms with Gasteiger partial charge >= 0.3 is 5.97 Å². The molecule has 0 fully saturated rings. The van der Waals surface area contributed by atoms with Crippen LogP contribution in [0.5, 0.6) is 0 Å². The van der Waals surface area contributed by atoms with Crippen LogP contribution in [-0.4, -0.2) is 34.2 Å². The summed E-state index contributed by atoms with van der Waals surface area (Å²) in [5.41, 5.74) is -0.865. The molecule has 5 nitrogen and oxygen atoms in total. The Kier molecular flexibility index (Phi) is 3.36. The van der Waals surface area contributed by atoms with Crippen molar-refractivity contribution in [2.24, 2.45) is 0 Å². The van der Waals surface area contributed by atoms with Gasteiger partial charge in [-0.2, -0.15) is 0 Å². The van der Waals surface area contributed by atoms with Crippen molar-refractivity contribution < 1.29 is 19.4 Å². The molecule has 0 radical (unpaired) electrons. The normalized spacial score (nSPS) is 16.6. The van der Waals surface area contributed by atoms with Gasteiger partial charge in [0, 0.05) is 4.88 Å². The summed E-state index contributed by atoms with van der Waals surface area (Å²) >= 11 is 1.43. The lowest BCUT2D eigenvalue weighted by molar-refractivity contribution is -0.160. The maximum absolute atomic E-state index is 12.5. The van der Waals surface area contributed by atoms with Gasteiger partial charge in [-0.3, -0.25) is 9.69 Å². The molecule has 0 bridgehead atoms. The van der Waals surface area contributed by atoms with Crippen LogP contribution in [0.25, 0.3) is 5.57 Å². The Labute approximate surface area is 115 Å². The van der Waals surface area contributed by atoms with Gasteiger partial charge in [0.25, 0.3) is 5.91 Å². The minimum Gasteiger partial charge on any atom is -0.480 e. The monoisotopic (exact) mass is 281 g/mol. The van der Waals surface area contributed by atoms with E-state index in [4.69, 9.17) is 4.74 Å². The number of allylic oxidation sites excluding steroid dienone is 1. The molecule has 1 aliphatic heterocycles. The third-order valence-electron chi connectivity index (χ3n) is 3.19. The quantitative estimate of drug-likeness (QED) is 0.922. The van der Waals surface area contributed by atoms with Crippen molar-refractivity contribution >= 4 is 28.8 Å². The Balaban J connectivity index is 2.42. The summed E-state index contributed by atoms with van der Waals surface area (Å²) in [6.45, 7) is 4.66. The fourth-order valence-electron chi connectivity index (χ4n) is 1.81. The number of rotatable bonds is 3. The number of carboxylic acid groups (broad SMARTS) is 1. The molecular formula is C13H15NO4S. The molecule has 0 spiro atoms. The number of carbonyl (C=O) groups is 2. The van der Waals surface area contributed by atoms with Crippen molar-refractivity contribution in [1.29, 1.82) is 0 Å². The summed E-state index contributed by atoms with van der Waals surface area (Å²) in [5.74, 6) is -0.835. The van der Waals surface area contributed by atoms with Gasteiger partial charge in [0.1, 0.15) is 11.3 Å². The van der Waals surface area contributed by atoms with Crippen molar-refractivity contribution in [3.8, 4) is 0 Å². The standard InChI is InChI=1S/C13H15NO4S/c1-8-10(9-5-4-6-19-9)11(15)14(7-18-8)13(2,3)12(16)17/h4-6H,7H2,1-3H3,(H,16,17). The van der Waals surface area contributed by atoms with Crippen LogP contribution in [0.2, 0.25) is 0 Å². The first-order valence-corrected chi connectivity index (χ1v) is 6.66. The first-order valence-electron chi connectivity index (χ1n) is 5.78. The molecule has 1 aromatic heterocycles. The minimum absolute atomic E-state index is 0.0428. The number of thiophene rings is 1. The Morgan fingerprint density at radius 2 is 2.21 bits per heavy atom. The maximum Gasteiger partial charge on any atom is 0.329 e. The zero-order valence-electron chi connectivity index (χ0n) is 11.0. The van der Waals surface area contributed by atoms with E-state index < -0.39 is 11.5 Å². The Morgan fingerprint density at radius 3 is 2.74 bits per heavy atom. The van der Waals surface area contributed by atoms with Crippen LogP contribution in [-0.2, 0) is 14.3 Å². The highest BCUT2D eigenvalue weighted by molar-refractivity contribution is 7.11. The van der Waals surface area contributed by atoms with E-state index in [0.717, 1.165) is 4.88 Å². The molecule has 102 valence electrons. The number of carbonyl (C=O) groups excluding carboxylic acids is 1. The second-order valence-corrected chi connectivity index (χ2v) is 5.73. The topological polar surface area (TPSA) is 66.8 Å². The molecule has 0 saturated carbocycles. The van der Waals surface area contributed by atoms with Gasteiger partial charge < -0.3 is 9.84 Å². The molecule has 19 heavy (non-hydrogen) atoms. The average molecular weight is 281 g/mol. The van der Waals surface area contributed by atoms with Gasteiger partial charge in [0.05, 0.1) is 5.57 Å². The predicted octanol–water partition coefficient (Wildman–Crippen LogP) is 2.16. The van der Waals surface area contributed by atoms with Crippen molar-refractivity contribution in [1.82, 2.24) is 4.90 Å². The van der Waals surface area contributed by atoms with Gasteiger partial charge in [-0.05, 0) is 32.2 Å². The largest absolute Gasteiger partial charge is 0.480 e. The predicted molar refractivity (Wildman–Crippen MR) is 71.4 cm³/mol. The molecule has 2 heterocycles. The number of nitrogens with zero attached hydrogens (tertiary/aromatic N) is 1. The molecule has 1 amide bonds. The molecule has 1 aromatic rings. The van der Waals surface area contributed by atoms with Gasteiger partial charge in [0.2, 0.25) is 0 Å². The van der Waals surface area contributed by atoms with E-state index in [1.807, 2.05) is 17.5 Å². The molecule has 0 unspecified atom stereocenters. The summed E-state index contributed by atoms with van der Waals surface area (Å²) in [4.78, 5) is 25.8. The van der Waals surface area contributed by atoms with Crippen LogP contribution in [0.3, 0.4) is 0 Å². The van der Waals surface area contributed by atoms with E-state index in [9.17, 15) is 14.7 Å². The number of hydrogen-bond acceptors (Lipinski definition) is 4. The van der Waals surface area contributed by atoms with E-state index in [2.05, 4.69) is 0 Å². The minimum atomic E-state index is -1.31. The second kappa shape index (κ2) is 4.70. The summed E-state index contributed by atoms with van der Waals surface area (Å²) in [7, 11) is 0. The highest BCUT2D eigenvalue weighted by Crippen LogP contribution is 2.32. The molecule has 0 atom stereocenters. The molecule has 0 aliphatic carbocycles. The zero-order chi connectivity index (χ0) is 14.2. The molecule has 0 aromatic carbocycles. The summed E-state index contributed by atoms with van der Waals surface area (Å²) in [5, 5.41) is 11.1. The highest BCUT2D eigenvalue weighted by Gasteiger charge is 2.42. The summed E-state index contributed by atoms with van der Waals surface area (Å²) in [6.07, 6.45) is 0. The highest BCUT2D eigenvalue weighted by atomic mass is 32.1. The second-order valence-electron chi connectivity index (χ2n) is 4.78. The zero-order valence-corrected chi connectivity index (χ0v) is 11.8. The first kappa shape index (κ1) is 13.6. The van der Waals surface area contributed by atoms with Crippen LogP contribution in [0.4, 0.5) is 0 Å². The Hall–Kier alpha value is -1.82. The van der Waals surface area contributed by atoms with Gasteiger partial charge in [-0.1, -0.05) is 6.07 Å². The molecule has 1 aliphatic rings. The van der Waals surface area contributed by atoms with Crippen LogP contribution in [0.1, 0.15) is 25.6 Å². The number of carboxylic acids is 1. The van der Waals surface area contributed by atoms with Crippen LogP contribution in [0.15, 0.2) is 23.3 Å². The Morgan fingerprint density at radius 1 is 1.53 bits per heavy atom. The van der Waals surface area contributed by atoms with Crippen LogP contribution in [0, 0.1) is 0 Å².